The summed E-state index contributed by atoms with van der Waals surface area (Å²) in [7, 11) is 0. The van der Waals surface area contributed by atoms with Crippen LogP contribution in [0.4, 0.5) is 5.69 Å². The maximum absolute atomic E-state index is 11.2. The van der Waals surface area contributed by atoms with Crippen molar-refractivity contribution in [1.82, 2.24) is 4.90 Å². The number of amides is 2. The Morgan fingerprint density at radius 2 is 1.65 bits per heavy atom. The van der Waals surface area contributed by atoms with Crippen LogP contribution in [0.2, 0.25) is 0 Å². The van der Waals surface area contributed by atoms with Crippen molar-refractivity contribution in [3.8, 4) is 0 Å². The fourth-order valence-electron chi connectivity index (χ4n) is 1.86. The predicted octanol–water partition coefficient (Wildman–Crippen LogP) is -1.26. The fourth-order valence-corrected chi connectivity index (χ4v) is 1.86. The number of nitrogen functional groups attached to an aromatic ring is 1. The molecular formula is C12H16N4O4. The van der Waals surface area contributed by atoms with Crippen LogP contribution in [0.5, 0.6) is 0 Å². The number of primary amides is 2. The number of nitrogens with two attached hydrogens (primary N) is 3. The molecule has 0 bridgehead atoms. The van der Waals surface area contributed by atoms with E-state index in [0.717, 1.165) is 0 Å². The van der Waals surface area contributed by atoms with Gasteiger partial charge in [-0.25, -0.2) is 4.79 Å². The highest BCUT2D eigenvalue weighted by molar-refractivity contribution is 5.95. The van der Waals surface area contributed by atoms with Gasteiger partial charge in [-0.05, 0) is 11.6 Å². The number of hydrogen-bond donors (Lipinski definition) is 4. The largest absolute Gasteiger partial charge is 0.478 e. The molecule has 20 heavy (non-hydrogen) atoms. The molecule has 0 radical (unpaired) electrons. The third-order valence-electron chi connectivity index (χ3n) is 2.55. The van der Waals surface area contributed by atoms with Gasteiger partial charge < -0.3 is 22.3 Å². The Balaban J connectivity index is 3.04. The van der Waals surface area contributed by atoms with Crippen LogP contribution >= 0.6 is 0 Å². The Kier molecular flexibility index (Phi) is 5.04. The minimum Gasteiger partial charge on any atom is -0.478 e. The summed E-state index contributed by atoms with van der Waals surface area (Å²) in [4.78, 5) is 34.4. The Labute approximate surface area is 115 Å². The molecule has 0 aromatic heterocycles. The van der Waals surface area contributed by atoms with Crippen LogP contribution in [-0.4, -0.2) is 40.9 Å². The van der Waals surface area contributed by atoms with Crippen LogP contribution in [0.1, 0.15) is 15.9 Å². The highest BCUT2D eigenvalue weighted by Gasteiger charge is 2.18. The third kappa shape index (κ3) is 4.25. The molecular weight excluding hydrogens is 264 g/mol. The zero-order valence-electron chi connectivity index (χ0n) is 10.7. The molecule has 8 nitrogen and oxygen atoms in total. The minimum atomic E-state index is -1.18. The molecule has 1 aromatic carbocycles. The van der Waals surface area contributed by atoms with Gasteiger partial charge in [0.2, 0.25) is 11.8 Å². The fraction of sp³-hybridized carbons (Fsp3) is 0.250. The van der Waals surface area contributed by atoms with Crippen molar-refractivity contribution in [3.05, 3.63) is 29.3 Å². The first-order valence-electron chi connectivity index (χ1n) is 5.71. The Bertz CT molecular complexity index is 528. The van der Waals surface area contributed by atoms with Crippen molar-refractivity contribution < 1.29 is 19.5 Å². The third-order valence-corrected chi connectivity index (χ3v) is 2.55. The molecule has 0 heterocycles. The van der Waals surface area contributed by atoms with E-state index in [1.807, 2.05) is 0 Å². The summed E-state index contributed by atoms with van der Waals surface area (Å²) in [6.07, 6.45) is 0. The SMILES string of the molecule is NC(=O)CN(CC(N)=O)Cc1cccc(N)c1C(=O)O. The molecule has 0 aliphatic heterocycles. The number of carboxylic acids is 1. The van der Waals surface area contributed by atoms with Crippen molar-refractivity contribution >= 4 is 23.5 Å². The van der Waals surface area contributed by atoms with Crippen molar-refractivity contribution in [1.29, 1.82) is 0 Å². The number of anilines is 1. The summed E-state index contributed by atoms with van der Waals surface area (Å²) >= 11 is 0. The van der Waals surface area contributed by atoms with Gasteiger partial charge >= 0.3 is 5.97 Å². The highest BCUT2D eigenvalue weighted by atomic mass is 16.4. The van der Waals surface area contributed by atoms with E-state index in [9.17, 15) is 14.4 Å². The summed E-state index contributed by atoms with van der Waals surface area (Å²) in [6.45, 7) is -0.397. The van der Waals surface area contributed by atoms with E-state index in [1.54, 1.807) is 12.1 Å². The minimum absolute atomic E-state index is 0.0263. The van der Waals surface area contributed by atoms with E-state index >= 15 is 0 Å². The van der Waals surface area contributed by atoms with Gasteiger partial charge in [0.1, 0.15) is 0 Å². The lowest BCUT2D eigenvalue weighted by Crippen LogP contribution is -2.39. The van der Waals surface area contributed by atoms with Gasteiger partial charge in [-0.2, -0.15) is 0 Å². The molecule has 0 spiro atoms. The zero-order chi connectivity index (χ0) is 15.3. The molecule has 0 atom stereocenters. The second kappa shape index (κ2) is 6.53. The van der Waals surface area contributed by atoms with Crippen molar-refractivity contribution in [2.24, 2.45) is 11.5 Å². The Morgan fingerprint density at radius 1 is 1.10 bits per heavy atom. The van der Waals surface area contributed by atoms with Crippen molar-refractivity contribution in [2.75, 3.05) is 18.8 Å². The van der Waals surface area contributed by atoms with Gasteiger partial charge in [0.05, 0.1) is 18.7 Å². The molecule has 0 saturated carbocycles. The molecule has 0 unspecified atom stereocenters. The number of nitrogens with zero attached hydrogens (tertiary/aromatic N) is 1. The number of rotatable bonds is 7. The monoisotopic (exact) mass is 280 g/mol. The van der Waals surface area contributed by atoms with Crippen LogP contribution < -0.4 is 17.2 Å². The Hall–Kier alpha value is -2.61. The molecule has 108 valence electrons. The number of aromatic carboxylic acids is 1. The number of carbonyl (C=O) groups is 3. The predicted molar refractivity (Wildman–Crippen MR) is 71.5 cm³/mol. The molecule has 0 aliphatic carbocycles. The summed E-state index contributed by atoms with van der Waals surface area (Å²) < 4.78 is 0. The molecule has 0 fully saturated rings. The number of carbonyl (C=O) groups excluding carboxylic acids is 2. The van der Waals surface area contributed by atoms with E-state index in [4.69, 9.17) is 22.3 Å². The normalized spacial score (nSPS) is 10.4. The van der Waals surface area contributed by atoms with E-state index in [-0.39, 0.29) is 30.9 Å². The first-order valence-corrected chi connectivity index (χ1v) is 5.71. The number of carboxylic acid groups (broad SMARTS) is 1. The lowest BCUT2D eigenvalue weighted by molar-refractivity contribution is -0.122. The van der Waals surface area contributed by atoms with E-state index in [1.165, 1.54) is 11.0 Å². The topological polar surface area (TPSA) is 153 Å². The van der Waals surface area contributed by atoms with Gasteiger partial charge in [0.25, 0.3) is 0 Å². The summed E-state index contributed by atoms with van der Waals surface area (Å²) in [5.41, 5.74) is 16.2. The maximum Gasteiger partial charge on any atom is 0.338 e. The number of benzene rings is 1. The highest BCUT2D eigenvalue weighted by Crippen LogP contribution is 2.18. The van der Waals surface area contributed by atoms with Gasteiger partial charge in [-0.3, -0.25) is 14.5 Å². The van der Waals surface area contributed by atoms with Crippen LogP contribution in [0, 0.1) is 0 Å². The van der Waals surface area contributed by atoms with Gasteiger partial charge in [0.15, 0.2) is 0 Å². The lowest BCUT2D eigenvalue weighted by atomic mass is 10.0. The zero-order valence-corrected chi connectivity index (χ0v) is 10.7. The van der Waals surface area contributed by atoms with E-state index in [2.05, 4.69) is 0 Å². The summed E-state index contributed by atoms with van der Waals surface area (Å²) in [5.74, 6) is -2.48. The Morgan fingerprint density at radius 3 is 2.10 bits per heavy atom. The van der Waals surface area contributed by atoms with Gasteiger partial charge in [-0.1, -0.05) is 12.1 Å². The van der Waals surface area contributed by atoms with Gasteiger partial charge in [0, 0.05) is 12.2 Å². The second-order valence-corrected chi connectivity index (χ2v) is 4.26. The van der Waals surface area contributed by atoms with Gasteiger partial charge in [-0.15, -0.1) is 0 Å². The van der Waals surface area contributed by atoms with Crippen LogP contribution in [-0.2, 0) is 16.1 Å². The van der Waals surface area contributed by atoms with Crippen molar-refractivity contribution in [3.63, 3.8) is 0 Å². The summed E-state index contributed by atoms with van der Waals surface area (Å²) in [6, 6.07) is 4.60. The molecule has 1 aromatic rings. The molecule has 2 amide bonds. The molecule has 0 saturated heterocycles. The molecule has 7 N–H and O–H groups in total. The van der Waals surface area contributed by atoms with Crippen LogP contribution in [0.3, 0.4) is 0 Å². The first kappa shape index (κ1) is 15.4. The van der Waals surface area contributed by atoms with Crippen LogP contribution in [0.25, 0.3) is 0 Å². The standard InChI is InChI=1S/C12H16N4O4/c13-8-3-1-2-7(11(8)12(19)20)4-16(5-9(14)17)6-10(15)18/h1-3H,4-6,13H2,(H2,14,17)(H2,15,18)(H,19,20). The number of hydrogen-bond acceptors (Lipinski definition) is 5. The summed E-state index contributed by atoms with van der Waals surface area (Å²) in [5, 5.41) is 9.14. The first-order chi connectivity index (χ1) is 9.31. The second-order valence-electron chi connectivity index (χ2n) is 4.26. The van der Waals surface area contributed by atoms with E-state index < -0.39 is 17.8 Å². The van der Waals surface area contributed by atoms with E-state index in [0.29, 0.717) is 5.56 Å². The lowest BCUT2D eigenvalue weighted by Gasteiger charge is -2.20. The molecule has 0 aliphatic rings. The average Bonchev–Trinajstić information content (AvgIpc) is 2.26. The quantitative estimate of drug-likeness (QED) is 0.457. The molecule has 8 heteroatoms. The smallest absolute Gasteiger partial charge is 0.338 e. The average molecular weight is 280 g/mol. The maximum atomic E-state index is 11.2. The van der Waals surface area contributed by atoms with Crippen LogP contribution in [0.15, 0.2) is 18.2 Å². The van der Waals surface area contributed by atoms with Crippen molar-refractivity contribution in [2.45, 2.75) is 6.54 Å². The molecule has 1 rings (SSSR count).